The van der Waals surface area contributed by atoms with Crippen molar-refractivity contribution in [3.8, 4) is 17.3 Å². The molecule has 5 nitrogen and oxygen atoms in total. The van der Waals surface area contributed by atoms with Crippen molar-refractivity contribution in [1.29, 1.82) is 0 Å². The van der Waals surface area contributed by atoms with Gasteiger partial charge in [0.05, 0.1) is 11.5 Å². The fraction of sp³-hybridized carbons (Fsp3) is 0.278. The van der Waals surface area contributed by atoms with Crippen LogP contribution in [0.1, 0.15) is 25.7 Å². The van der Waals surface area contributed by atoms with E-state index in [1.807, 2.05) is 47.0 Å². The average molecular weight is 339 g/mol. The maximum atomic E-state index is 12.2. The SMILES string of the molecule is O=C1CCCC[C@@H]1Sc1nnc(-c2ccco2)n1-c1ccccc1. The molecule has 0 bridgehead atoms. The van der Waals surface area contributed by atoms with E-state index in [1.165, 1.54) is 11.8 Å². The average Bonchev–Trinajstić information content (AvgIpc) is 3.27. The third-order valence-electron chi connectivity index (χ3n) is 4.14. The van der Waals surface area contributed by atoms with Crippen LogP contribution >= 0.6 is 11.8 Å². The predicted octanol–water partition coefficient (Wildman–Crippen LogP) is 4.13. The highest BCUT2D eigenvalue weighted by Gasteiger charge is 2.27. The van der Waals surface area contributed by atoms with Crippen molar-refractivity contribution in [2.45, 2.75) is 36.1 Å². The lowest BCUT2D eigenvalue weighted by Gasteiger charge is -2.19. The molecule has 0 N–H and O–H groups in total. The van der Waals surface area contributed by atoms with Crippen molar-refractivity contribution >= 4 is 17.5 Å². The molecule has 0 unspecified atom stereocenters. The molecule has 0 saturated heterocycles. The van der Waals surface area contributed by atoms with Crippen molar-refractivity contribution < 1.29 is 9.21 Å². The van der Waals surface area contributed by atoms with Gasteiger partial charge in [0.2, 0.25) is 5.82 Å². The van der Waals surface area contributed by atoms with Crippen LogP contribution in [0.2, 0.25) is 0 Å². The number of rotatable bonds is 4. The Hall–Kier alpha value is -2.34. The van der Waals surface area contributed by atoms with Crippen LogP contribution < -0.4 is 0 Å². The van der Waals surface area contributed by atoms with E-state index in [-0.39, 0.29) is 5.25 Å². The van der Waals surface area contributed by atoms with Gasteiger partial charge < -0.3 is 4.42 Å². The molecular formula is C18H17N3O2S. The first-order valence-corrected chi connectivity index (χ1v) is 8.95. The predicted molar refractivity (Wildman–Crippen MR) is 92.2 cm³/mol. The number of nitrogens with zero attached hydrogens (tertiary/aromatic N) is 3. The highest BCUT2D eigenvalue weighted by atomic mass is 32.2. The Balaban J connectivity index is 1.75. The maximum absolute atomic E-state index is 12.2. The summed E-state index contributed by atoms with van der Waals surface area (Å²) in [7, 11) is 0. The number of furan rings is 1. The van der Waals surface area contributed by atoms with Crippen molar-refractivity contribution in [1.82, 2.24) is 14.8 Å². The molecular weight excluding hydrogens is 322 g/mol. The maximum Gasteiger partial charge on any atom is 0.205 e. The van der Waals surface area contributed by atoms with Gasteiger partial charge in [0, 0.05) is 12.1 Å². The van der Waals surface area contributed by atoms with E-state index in [4.69, 9.17) is 4.42 Å². The summed E-state index contributed by atoms with van der Waals surface area (Å²) in [4.78, 5) is 12.2. The van der Waals surface area contributed by atoms with Crippen LogP contribution in [0.3, 0.4) is 0 Å². The molecule has 0 spiro atoms. The van der Waals surface area contributed by atoms with Gasteiger partial charge in [-0.05, 0) is 37.1 Å². The van der Waals surface area contributed by atoms with Crippen LogP contribution in [0.15, 0.2) is 58.3 Å². The van der Waals surface area contributed by atoms with Crippen molar-refractivity contribution in [3.05, 3.63) is 48.7 Å². The minimum Gasteiger partial charge on any atom is -0.461 e. The Bertz CT molecular complexity index is 827. The number of thioether (sulfide) groups is 1. The second kappa shape index (κ2) is 6.65. The number of ketones is 1. The molecule has 2 aromatic heterocycles. The fourth-order valence-electron chi connectivity index (χ4n) is 2.92. The Labute approximate surface area is 144 Å². The van der Waals surface area contributed by atoms with Crippen LogP contribution in [0.4, 0.5) is 0 Å². The smallest absolute Gasteiger partial charge is 0.205 e. The molecule has 4 rings (SSSR count). The van der Waals surface area contributed by atoms with E-state index < -0.39 is 0 Å². The zero-order valence-corrected chi connectivity index (χ0v) is 13.9. The van der Waals surface area contributed by atoms with Gasteiger partial charge in [0.25, 0.3) is 0 Å². The van der Waals surface area contributed by atoms with Crippen molar-refractivity contribution in [2.24, 2.45) is 0 Å². The first-order chi connectivity index (χ1) is 11.8. The van der Waals surface area contributed by atoms with Gasteiger partial charge >= 0.3 is 0 Å². The summed E-state index contributed by atoms with van der Waals surface area (Å²) in [6.45, 7) is 0. The summed E-state index contributed by atoms with van der Waals surface area (Å²) in [5.74, 6) is 1.62. The number of hydrogen-bond acceptors (Lipinski definition) is 5. The van der Waals surface area contributed by atoms with Crippen LogP contribution in [0.5, 0.6) is 0 Å². The summed E-state index contributed by atoms with van der Waals surface area (Å²) in [5.41, 5.74) is 0.958. The summed E-state index contributed by atoms with van der Waals surface area (Å²) in [6.07, 6.45) is 5.28. The van der Waals surface area contributed by atoms with Crippen molar-refractivity contribution in [2.75, 3.05) is 0 Å². The first kappa shape index (κ1) is 15.2. The zero-order chi connectivity index (χ0) is 16.4. The highest BCUT2D eigenvalue weighted by Crippen LogP contribution is 2.34. The number of benzene rings is 1. The number of carbonyl (C=O) groups excluding carboxylic acids is 1. The lowest BCUT2D eigenvalue weighted by molar-refractivity contribution is -0.119. The van der Waals surface area contributed by atoms with Gasteiger partial charge in [-0.25, -0.2) is 0 Å². The van der Waals surface area contributed by atoms with Gasteiger partial charge in [-0.3, -0.25) is 9.36 Å². The molecule has 1 atom stereocenters. The molecule has 1 saturated carbocycles. The van der Waals surface area contributed by atoms with E-state index >= 15 is 0 Å². The summed E-state index contributed by atoms with van der Waals surface area (Å²) < 4.78 is 7.47. The van der Waals surface area contributed by atoms with E-state index in [2.05, 4.69) is 10.2 Å². The molecule has 24 heavy (non-hydrogen) atoms. The molecule has 1 aromatic carbocycles. The number of hydrogen-bond donors (Lipinski definition) is 0. The van der Waals surface area contributed by atoms with Crippen LogP contribution in [0, 0.1) is 0 Å². The van der Waals surface area contributed by atoms with E-state index in [0.717, 1.165) is 30.1 Å². The number of carbonyl (C=O) groups is 1. The highest BCUT2D eigenvalue weighted by molar-refractivity contribution is 8.00. The summed E-state index contributed by atoms with van der Waals surface area (Å²) in [6, 6.07) is 13.6. The second-order valence-electron chi connectivity index (χ2n) is 5.77. The number of aromatic nitrogens is 3. The van der Waals surface area contributed by atoms with E-state index in [0.29, 0.717) is 23.8 Å². The summed E-state index contributed by atoms with van der Waals surface area (Å²) >= 11 is 1.51. The molecule has 0 amide bonds. The number of Topliss-reactive ketones (excluding diaryl/α,β-unsaturated/α-hetero) is 1. The molecule has 3 aromatic rings. The van der Waals surface area contributed by atoms with E-state index in [9.17, 15) is 4.79 Å². The number of para-hydroxylation sites is 1. The fourth-order valence-corrected chi connectivity index (χ4v) is 4.10. The Kier molecular flexibility index (Phi) is 4.21. The van der Waals surface area contributed by atoms with E-state index in [1.54, 1.807) is 6.26 Å². The minimum atomic E-state index is -0.0325. The molecule has 1 aliphatic rings. The monoisotopic (exact) mass is 339 g/mol. The molecule has 0 radical (unpaired) electrons. The van der Waals surface area contributed by atoms with Gasteiger partial charge in [-0.15, -0.1) is 10.2 Å². The molecule has 2 heterocycles. The van der Waals surface area contributed by atoms with Crippen LogP contribution in [-0.4, -0.2) is 25.8 Å². The second-order valence-corrected chi connectivity index (χ2v) is 6.94. The Morgan fingerprint density at radius 1 is 1.08 bits per heavy atom. The largest absolute Gasteiger partial charge is 0.461 e. The standard InChI is InChI=1S/C18H17N3O2S/c22-14-9-4-5-11-16(14)24-18-20-19-17(15-10-6-12-23-15)21(18)13-7-2-1-3-8-13/h1-3,6-8,10,12,16H,4-5,9,11H2/t16-/m0/s1. The zero-order valence-electron chi connectivity index (χ0n) is 13.1. The van der Waals surface area contributed by atoms with Crippen molar-refractivity contribution in [3.63, 3.8) is 0 Å². The van der Waals surface area contributed by atoms with Crippen LogP contribution in [-0.2, 0) is 4.79 Å². The quantitative estimate of drug-likeness (QED) is 0.715. The summed E-state index contributed by atoms with van der Waals surface area (Å²) in [5, 5.41) is 9.35. The molecule has 0 aliphatic heterocycles. The Morgan fingerprint density at radius 3 is 2.71 bits per heavy atom. The normalized spacial score (nSPS) is 18.0. The topological polar surface area (TPSA) is 60.9 Å². The third kappa shape index (κ3) is 2.89. The molecule has 6 heteroatoms. The lowest BCUT2D eigenvalue weighted by Crippen LogP contribution is -2.21. The van der Waals surface area contributed by atoms with Crippen LogP contribution in [0.25, 0.3) is 17.3 Å². The lowest BCUT2D eigenvalue weighted by atomic mass is 9.99. The minimum absolute atomic E-state index is 0.0325. The van der Waals surface area contributed by atoms with Gasteiger partial charge in [0.1, 0.15) is 5.78 Å². The molecule has 1 aliphatic carbocycles. The van der Waals surface area contributed by atoms with Gasteiger partial charge in [0.15, 0.2) is 10.9 Å². The molecule has 122 valence electrons. The van der Waals surface area contributed by atoms with Gasteiger partial charge in [-0.1, -0.05) is 36.4 Å². The Morgan fingerprint density at radius 2 is 1.96 bits per heavy atom. The third-order valence-corrected chi connectivity index (χ3v) is 5.39. The molecule has 1 fully saturated rings. The van der Waals surface area contributed by atoms with Gasteiger partial charge in [-0.2, -0.15) is 0 Å². The first-order valence-electron chi connectivity index (χ1n) is 8.07.